The molecule has 1 N–H and O–H groups in total. The fourth-order valence-electron chi connectivity index (χ4n) is 3.35. The molecule has 2 atom stereocenters. The number of benzene rings is 1. The number of carbonyl (C=O) groups excluding carboxylic acids is 4. The minimum Gasteiger partial charge on any atom is -0.451 e. The van der Waals surface area contributed by atoms with E-state index in [0.717, 1.165) is 6.07 Å². The molecule has 0 spiro atoms. The Kier molecular flexibility index (Phi) is 6.73. The van der Waals surface area contributed by atoms with E-state index in [0.29, 0.717) is 0 Å². The summed E-state index contributed by atoms with van der Waals surface area (Å²) in [5.74, 6) is -2.16. The number of amides is 2. The summed E-state index contributed by atoms with van der Waals surface area (Å²) in [7, 11) is 0. The third-order valence-electron chi connectivity index (χ3n) is 5.27. The molecule has 0 radical (unpaired) electrons. The molecule has 2 amide bonds. The maximum Gasteiger partial charge on any atom is 0.356 e. The number of nitrogens with zero attached hydrogens (tertiary/aromatic N) is 2. The van der Waals surface area contributed by atoms with Gasteiger partial charge in [-0.2, -0.15) is 0 Å². The summed E-state index contributed by atoms with van der Waals surface area (Å²) < 4.78 is 5.45. The Morgan fingerprint density at radius 3 is 2.70 bits per heavy atom. The number of carbonyl (C=O) groups is 4. The summed E-state index contributed by atoms with van der Waals surface area (Å²) in [5.41, 5.74) is -1.17. The van der Waals surface area contributed by atoms with E-state index in [4.69, 9.17) is 4.74 Å². The predicted molar refractivity (Wildman–Crippen MR) is 120 cm³/mol. The molecule has 3 rings (SSSR count). The van der Waals surface area contributed by atoms with Gasteiger partial charge >= 0.3 is 5.97 Å². The van der Waals surface area contributed by atoms with Gasteiger partial charge in [-0.25, -0.2) is 4.79 Å². The van der Waals surface area contributed by atoms with Crippen molar-refractivity contribution in [1.29, 1.82) is 0 Å². The molecule has 1 aromatic rings. The maximum absolute atomic E-state index is 13.0. The lowest BCUT2D eigenvalue weighted by Gasteiger charge is -2.49. The van der Waals surface area contributed by atoms with Gasteiger partial charge in [0.1, 0.15) is 22.7 Å². The van der Waals surface area contributed by atoms with Crippen LogP contribution in [0.15, 0.2) is 48.2 Å². The Bertz CT molecular complexity index is 1100. The second-order valence-corrected chi connectivity index (χ2v) is 9.07. The highest BCUT2D eigenvalue weighted by Gasteiger charge is 2.55. The van der Waals surface area contributed by atoms with Gasteiger partial charge < -0.3 is 10.1 Å². The number of nitro groups is 1. The minimum absolute atomic E-state index is 0.0287. The van der Waals surface area contributed by atoms with Crippen LogP contribution >= 0.6 is 11.8 Å². The second kappa shape index (κ2) is 9.18. The van der Waals surface area contributed by atoms with Crippen LogP contribution in [0.5, 0.6) is 0 Å². The van der Waals surface area contributed by atoms with Crippen LogP contribution in [-0.4, -0.2) is 56.2 Å². The minimum atomic E-state index is -1.02. The second-order valence-electron chi connectivity index (χ2n) is 7.97. The molecule has 0 aliphatic carbocycles. The van der Waals surface area contributed by atoms with Gasteiger partial charge in [-0.15, -0.1) is 11.8 Å². The Balaban J connectivity index is 1.85. The third-order valence-corrected chi connectivity index (χ3v) is 6.55. The van der Waals surface area contributed by atoms with Crippen LogP contribution in [0.2, 0.25) is 0 Å². The van der Waals surface area contributed by atoms with Crippen LogP contribution in [0.1, 0.15) is 37.6 Å². The smallest absolute Gasteiger partial charge is 0.356 e. The fraction of sp³-hybridized carbons (Fsp3) is 0.364. The molecule has 1 aromatic carbocycles. The lowest BCUT2D eigenvalue weighted by Crippen LogP contribution is -2.70. The van der Waals surface area contributed by atoms with E-state index in [-0.39, 0.29) is 40.5 Å². The number of Topliss-reactive ketones (excluding diaryl/α,β-unsaturated/α-hetero) is 1. The van der Waals surface area contributed by atoms with Crippen LogP contribution in [-0.2, 0) is 19.1 Å². The van der Waals surface area contributed by atoms with Crippen LogP contribution in [0.4, 0.5) is 5.69 Å². The Labute approximate surface area is 194 Å². The Morgan fingerprint density at radius 1 is 1.39 bits per heavy atom. The van der Waals surface area contributed by atoms with E-state index >= 15 is 0 Å². The molecule has 1 saturated heterocycles. The number of ketones is 1. The normalized spacial score (nSPS) is 19.8. The molecule has 2 aliphatic rings. The lowest BCUT2D eigenvalue weighted by molar-refractivity contribution is -0.384. The highest BCUT2D eigenvalue weighted by Crippen LogP contribution is 2.41. The molecule has 1 fully saturated rings. The molecular formula is C22H23N3O7S. The first kappa shape index (κ1) is 24.2. The molecule has 33 heavy (non-hydrogen) atoms. The SMILES string of the molecule is C=CC(C)(C)OC(=O)C1=C(C(=O)CC)CS[C@H]2C(NC(=O)c3cccc([N+](=O)[O-])c3)C(=O)N12. The summed E-state index contributed by atoms with van der Waals surface area (Å²) in [5, 5.41) is 12.9. The number of thioether (sulfide) groups is 1. The number of fused-ring (bicyclic) bond motifs is 1. The van der Waals surface area contributed by atoms with E-state index in [2.05, 4.69) is 11.9 Å². The number of rotatable bonds is 8. The summed E-state index contributed by atoms with van der Waals surface area (Å²) in [6.07, 6.45) is 1.58. The third kappa shape index (κ3) is 4.68. The lowest BCUT2D eigenvalue weighted by atomic mass is 9.99. The zero-order chi connectivity index (χ0) is 24.5. The highest BCUT2D eigenvalue weighted by atomic mass is 32.2. The molecule has 0 bridgehead atoms. The number of non-ortho nitro benzene ring substituents is 1. The standard InChI is InChI=1S/C22H23N3O7S/c1-5-15(26)14-11-33-20-16(23-18(27)12-8-7-9-13(10-12)25(30)31)19(28)24(20)17(14)21(29)32-22(3,4)6-2/h6-10,16,20H,2,5,11H2,1,3-4H3,(H,23,27)/t16?,20-/m0/s1. The van der Waals surface area contributed by atoms with Gasteiger partial charge in [-0.05, 0) is 26.0 Å². The van der Waals surface area contributed by atoms with Crippen molar-refractivity contribution >= 4 is 41.0 Å². The van der Waals surface area contributed by atoms with Gasteiger partial charge in [-0.3, -0.25) is 29.4 Å². The Hall–Kier alpha value is -3.47. The zero-order valence-corrected chi connectivity index (χ0v) is 19.1. The van der Waals surface area contributed by atoms with Gasteiger partial charge in [0.15, 0.2) is 5.78 Å². The van der Waals surface area contributed by atoms with Crippen LogP contribution < -0.4 is 5.32 Å². The molecule has 0 saturated carbocycles. The molecule has 0 aromatic heterocycles. The van der Waals surface area contributed by atoms with Crippen LogP contribution in [0.25, 0.3) is 0 Å². The van der Waals surface area contributed by atoms with E-state index < -0.39 is 39.7 Å². The topological polar surface area (TPSA) is 136 Å². The number of nitrogens with one attached hydrogen (secondary N) is 1. The first-order valence-corrected chi connectivity index (χ1v) is 11.2. The average molecular weight is 474 g/mol. The number of hydrogen-bond donors (Lipinski definition) is 1. The monoisotopic (exact) mass is 473 g/mol. The van der Waals surface area contributed by atoms with Crippen LogP contribution in [0, 0.1) is 10.1 Å². The van der Waals surface area contributed by atoms with Crippen molar-refractivity contribution in [3.8, 4) is 0 Å². The summed E-state index contributed by atoms with van der Waals surface area (Å²) in [6, 6.07) is 4.18. The van der Waals surface area contributed by atoms with Crippen molar-refractivity contribution in [3.63, 3.8) is 0 Å². The number of ether oxygens (including phenoxy) is 1. The average Bonchev–Trinajstić information content (AvgIpc) is 2.80. The molecule has 174 valence electrons. The van der Waals surface area contributed by atoms with Crippen molar-refractivity contribution < 1.29 is 28.8 Å². The maximum atomic E-state index is 13.0. The molecule has 2 aliphatic heterocycles. The molecular weight excluding hydrogens is 450 g/mol. The van der Waals surface area contributed by atoms with Crippen molar-refractivity contribution in [2.24, 2.45) is 0 Å². The van der Waals surface area contributed by atoms with E-state index in [1.807, 2.05) is 0 Å². The highest BCUT2D eigenvalue weighted by molar-refractivity contribution is 8.00. The molecule has 10 nitrogen and oxygen atoms in total. The van der Waals surface area contributed by atoms with Gasteiger partial charge in [0.05, 0.1) is 4.92 Å². The van der Waals surface area contributed by atoms with E-state index in [1.165, 1.54) is 40.9 Å². The first-order chi connectivity index (χ1) is 15.5. The van der Waals surface area contributed by atoms with Crippen molar-refractivity contribution in [2.75, 3.05) is 5.75 Å². The molecule has 1 unspecified atom stereocenters. The van der Waals surface area contributed by atoms with Gasteiger partial charge in [0.2, 0.25) is 0 Å². The number of hydrogen-bond acceptors (Lipinski definition) is 8. The largest absolute Gasteiger partial charge is 0.451 e. The zero-order valence-electron chi connectivity index (χ0n) is 18.3. The van der Waals surface area contributed by atoms with Crippen LogP contribution in [0.3, 0.4) is 0 Å². The number of esters is 1. The summed E-state index contributed by atoms with van der Waals surface area (Å²) in [6.45, 7) is 8.52. The van der Waals surface area contributed by atoms with Gasteiger partial charge in [-0.1, -0.05) is 19.6 Å². The van der Waals surface area contributed by atoms with Crippen molar-refractivity contribution in [2.45, 2.75) is 44.2 Å². The number of β-lactam (4-membered cyclic amide) rings is 1. The summed E-state index contributed by atoms with van der Waals surface area (Å²) in [4.78, 5) is 62.5. The van der Waals surface area contributed by atoms with Gasteiger partial charge in [0, 0.05) is 35.4 Å². The quantitative estimate of drug-likeness (QED) is 0.200. The van der Waals surface area contributed by atoms with Gasteiger partial charge in [0.25, 0.3) is 17.5 Å². The van der Waals surface area contributed by atoms with Crippen molar-refractivity contribution in [1.82, 2.24) is 10.2 Å². The molecule has 11 heteroatoms. The summed E-state index contributed by atoms with van der Waals surface area (Å²) >= 11 is 1.24. The predicted octanol–water partition coefficient (Wildman–Crippen LogP) is 2.35. The number of nitro benzene ring substituents is 1. The Morgan fingerprint density at radius 2 is 2.09 bits per heavy atom. The first-order valence-electron chi connectivity index (χ1n) is 10.1. The van der Waals surface area contributed by atoms with Crippen molar-refractivity contribution in [3.05, 3.63) is 63.9 Å². The van der Waals surface area contributed by atoms with E-state index in [9.17, 15) is 29.3 Å². The fourth-order valence-corrected chi connectivity index (χ4v) is 4.72. The molecule has 2 heterocycles. The van der Waals surface area contributed by atoms with E-state index in [1.54, 1.807) is 20.8 Å².